The lowest BCUT2D eigenvalue weighted by atomic mass is 10.0. The fraction of sp³-hybridized carbons (Fsp3) is 0. The van der Waals surface area contributed by atoms with Crippen LogP contribution in [0.15, 0.2) is 42.6 Å². The molecular weight excluding hydrogens is 209 g/mol. The molecule has 0 atom stereocenters. The van der Waals surface area contributed by atoms with Crippen molar-refractivity contribution < 1.29 is 14.3 Å². The van der Waals surface area contributed by atoms with E-state index >= 15 is 0 Å². The molecular formula is C12H8FNO2. The van der Waals surface area contributed by atoms with E-state index in [1.165, 1.54) is 6.07 Å². The number of nitrogens with zero attached hydrogens (tertiary/aromatic N) is 1. The van der Waals surface area contributed by atoms with E-state index in [0.29, 0.717) is 5.56 Å². The fourth-order valence-electron chi connectivity index (χ4n) is 1.49. The standard InChI is InChI=1S/C12H8FNO2/c13-11-10(8-4-2-1-3-5-8)9(12(15)16)6-7-14-11/h1-7H,(H,15,16). The van der Waals surface area contributed by atoms with E-state index in [9.17, 15) is 9.18 Å². The molecule has 1 aromatic carbocycles. The van der Waals surface area contributed by atoms with Crippen LogP contribution in [0.5, 0.6) is 0 Å². The van der Waals surface area contributed by atoms with Crippen molar-refractivity contribution in [1.82, 2.24) is 4.98 Å². The molecule has 0 bridgehead atoms. The van der Waals surface area contributed by atoms with Gasteiger partial charge in [-0.2, -0.15) is 4.39 Å². The maximum Gasteiger partial charge on any atom is 0.336 e. The van der Waals surface area contributed by atoms with Gasteiger partial charge >= 0.3 is 5.97 Å². The Hall–Kier alpha value is -2.23. The Balaban J connectivity index is 2.68. The predicted molar refractivity (Wildman–Crippen MR) is 56.6 cm³/mol. The third-order valence-electron chi connectivity index (χ3n) is 2.20. The summed E-state index contributed by atoms with van der Waals surface area (Å²) < 4.78 is 13.5. The van der Waals surface area contributed by atoms with Crippen LogP contribution in [0.25, 0.3) is 11.1 Å². The molecule has 0 aliphatic heterocycles. The number of benzene rings is 1. The number of carbonyl (C=O) groups is 1. The molecule has 0 saturated heterocycles. The molecule has 3 nitrogen and oxygen atoms in total. The van der Waals surface area contributed by atoms with Crippen molar-refractivity contribution in [3.63, 3.8) is 0 Å². The van der Waals surface area contributed by atoms with Crippen molar-refractivity contribution in [3.8, 4) is 11.1 Å². The summed E-state index contributed by atoms with van der Waals surface area (Å²) in [5.41, 5.74) is 0.444. The van der Waals surface area contributed by atoms with Gasteiger partial charge < -0.3 is 5.11 Å². The van der Waals surface area contributed by atoms with E-state index in [2.05, 4.69) is 4.98 Å². The summed E-state index contributed by atoms with van der Waals surface area (Å²) in [6.45, 7) is 0. The summed E-state index contributed by atoms with van der Waals surface area (Å²) in [6, 6.07) is 9.78. The minimum absolute atomic E-state index is 0.0237. The van der Waals surface area contributed by atoms with Crippen LogP contribution in [0.2, 0.25) is 0 Å². The maximum absolute atomic E-state index is 13.5. The Morgan fingerprint density at radius 2 is 1.88 bits per heavy atom. The lowest BCUT2D eigenvalue weighted by molar-refractivity contribution is 0.0697. The van der Waals surface area contributed by atoms with Crippen LogP contribution in [-0.4, -0.2) is 16.1 Å². The topological polar surface area (TPSA) is 50.2 Å². The minimum Gasteiger partial charge on any atom is -0.478 e. The summed E-state index contributed by atoms with van der Waals surface area (Å²) >= 11 is 0. The largest absolute Gasteiger partial charge is 0.478 e. The summed E-state index contributed by atoms with van der Waals surface area (Å²) in [5, 5.41) is 8.96. The highest BCUT2D eigenvalue weighted by Gasteiger charge is 2.16. The number of hydrogen-bond donors (Lipinski definition) is 1. The molecule has 0 radical (unpaired) electrons. The molecule has 0 aliphatic rings. The van der Waals surface area contributed by atoms with Crippen molar-refractivity contribution in [2.24, 2.45) is 0 Å². The number of carboxylic acids is 1. The average molecular weight is 217 g/mol. The van der Waals surface area contributed by atoms with Gasteiger partial charge in [-0.1, -0.05) is 30.3 Å². The summed E-state index contributed by atoms with van der Waals surface area (Å²) in [7, 11) is 0. The molecule has 16 heavy (non-hydrogen) atoms. The fourth-order valence-corrected chi connectivity index (χ4v) is 1.49. The van der Waals surface area contributed by atoms with Crippen molar-refractivity contribution in [3.05, 3.63) is 54.1 Å². The second-order valence-corrected chi connectivity index (χ2v) is 3.20. The molecule has 0 amide bonds. The number of pyridine rings is 1. The Morgan fingerprint density at radius 3 is 2.50 bits per heavy atom. The molecule has 0 aliphatic carbocycles. The summed E-state index contributed by atoms with van der Waals surface area (Å²) in [4.78, 5) is 14.4. The van der Waals surface area contributed by atoms with Crippen LogP contribution in [-0.2, 0) is 0 Å². The van der Waals surface area contributed by atoms with Gasteiger partial charge in [0.2, 0.25) is 5.95 Å². The Kier molecular flexibility index (Phi) is 2.64. The number of carboxylic acid groups (broad SMARTS) is 1. The van der Waals surface area contributed by atoms with Crippen LogP contribution >= 0.6 is 0 Å². The highest BCUT2D eigenvalue weighted by Crippen LogP contribution is 2.25. The zero-order chi connectivity index (χ0) is 11.5. The zero-order valence-corrected chi connectivity index (χ0v) is 8.22. The second-order valence-electron chi connectivity index (χ2n) is 3.20. The summed E-state index contributed by atoms with van der Waals surface area (Å²) in [5.74, 6) is -1.94. The first kappa shape index (κ1) is 10.3. The number of aromatic carboxylic acids is 1. The van der Waals surface area contributed by atoms with Gasteiger partial charge in [-0.25, -0.2) is 9.78 Å². The third-order valence-corrected chi connectivity index (χ3v) is 2.20. The molecule has 0 fully saturated rings. The van der Waals surface area contributed by atoms with Crippen LogP contribution in [0, 0.1) is 5.95 Å². The minimum atomic E-state index is -1.17. The lowest BCUT2D eigenvalue weighted by Gasteiger charge is -2.06. The summed E-state index contributed by atoms with van der Waals surface area (Å²) in [6.07, 6.45) is 1.14. The van der Waals surface area contributed by atoms with Crippen molar-refractivity contribution in [1.29, 1.82) is 0 Å². The van der Waals surface area contributed by atoms with Gasteiger partial charge in [0.05, 0.1) is 11.1 Å². The molecule has 2 aromatic rings. The van der Waals surface area contributed by atoms with Gasteiger partial charge in [0, 0.05) is 6.20 Å². The van der Waals surface area contributed by atoms with E-state index in [1.54, 1.807) is 30.3 Å². The van der Waals surface area contributed by atoms with Crippen LogP contribution < -0.4 is 0 Å². The van der Waals surface area contributed by atoms with Gasteiger partial charge in [0.1, 0.15) is 0 Å². The Morgan fingerprint density at radius 1 is 1.19 bits per heavy atom. The van der Waals surface area contributed by atoms with E-state index in [4.69, 9.17) is 5.11 Å². The van der Waals surface area contributed by atoms with Crippen LogP contribution in [0.4, 0.5) is 4.39 Å². The number of halogens is 1. The molecule has 1 heterocycles. The molecule has 0 saturated carbocycles. The van der Waals surface area contributed by atoms with Gasteiger partial charge in [-0.15, -0.1) is 0 Å². The average Bonchev–Trinajstić information content (AvgIpc) is 2.29. The molecule has 80 valence electrons. The quantitative estimate of drug-likeness (QED) is 0.786. The van der Waals surface area contributed by atoms with Gasteiger partial charge in [0.25, 0.3) is 0 Å². The van der Waals surface area contributed by atoms with E-state index < -0.39 is 11.9 Å². The van der Waals surface area contributed by atoms with E-state index in [-0.39, 0.29) is 11.1 Å². The Labute approximate surface area is 91.2 Å². The second kappa shape index (κ2) is 4.10. The third kappa shape index (κ3) is 1.77. The van der Waals surface area contributed by atoms with Crippen molar-refractivity contribution in [2.45, 2.75) is 0 Å². The van der Waals surface area contributed by atoms with Gasteiger partial charge in [-0.05, 0) is 11.6 Å². The first-order chi connectivity index (χ1) is 7.70. The number of rotatable bonds is 2. The molecule has 4 heteroatoms. The Bertz CT molecular complexity index is 526. The molecule has 0 unspecified atom stereocenters. The molecule has 2 rings (SSSR count). The number of hydrogen-bond acceptors (Lipinski definition) is 2. The monoisotopic (exact) mass is 217 g/mol. The predicted octanol–water partition coefficient (Wildman–Crippen LogP) is 2.59. The van der Waals surface area contributed by atoms with Gasteiger partial charge in [0.15, 0.2) is 0 Å². The normalized spacial score (nSPS) is 10.1. The maximum atomic E-state index is 13.5. The van der Waals surface area contributed by atoms with E-state index in [1.807, 2.05) is 0 Å². The highest BCUT2D eigenvalue weighted by molar-refractivity contribution is 5.95. The molecule has 1 aromatic heterocycles. The van der Waals surface area contributed by atoms with Crippen molar-refractivity contribution in [2.75, 3.05) is 0 Å². The first-order valence-electron chi connectivity index (χ1n) is 4.63. The molecule has 0 spiro atoms. The van der Waals surface area contributed by atoms with Gasteiger partial charge in [-0.3, -0.25) is 0 Å². The first-order valence-corrected chi connectivity index (χ1v) is 4.63. The smallest absolute Gasteiger partial charge is 0.336 e. The zero-order valence-electron chi connectivity index (χ0n) is 8.22. The van der Waals surface area contributed by atoms with E-state index in [0.717, 1.165) is 6.20 Å². The number of aromatic nitrogens is 1. The SMILES string of the molecule is O=C(O)c1ccnc(F)c1-c1ccccc1. The van der Waals surface area contributed by atoms with Crippen LogP contribution in [0.1, 0.15) is 10.4 Å². The van der Waals surface area contributed by atoms with Crippen LogP contribution in [0.3, 0.4) is 0 Å². The van der Waals surface area contributed by atoms with Crippen molar-refractivity contribution >= 4 is 5.97 Å². The molecule has 1 N–H and O–H groups in total. The highest BCUT2D eigenvalue weighted by atomic mass is 19.1. The lowest BCUT2D eigenvalue weighted by Crippen LogP contribution is -2.03.